The summed E-state index contributed by atoms with van der Waals surface area (Å²) >= 11 is 6.12. The molecule has 142 valence electrons. The van der Waals surface area contributed by atoms with Crippen molar-refractivity contribution in [3.63, 3.8) is 0 Å². The Labute approximate surface area is 168 Å². The Morgan fingerprint density at radius 3 is 2.61 bits per heavy atom. The molecule has 0 saturated carbocycles. The van der Waals surface area contributed by atoms with Crippen LogP contribution >= 0.6 is 11.6 Å². The van der Waals surface area contributed by atoms with E-state index in [9.17, 15) is 0 Å². The largest absolute Gasteiger partial charge is 0.355 e. The number of piperidine rings is 1. The Bertz CT molecular complexity index is 1110. The molecule has 5 rings (SSSR count). The summed E-state index contributed by atoms with van der Waals surface area (Å²) in [6.07, 6.45) is 8.11. The number of anilines is 1. The third-order valence-corrected chi connectivity index (χ3v) is 5.75. The predicted molar refractivity (Wildman–Crippen MR) is 112 cm³/mol. The number of aromatic nitrogens is 5. The second-order valence-corrected chi connectivity index (χ2v) is 7.76. The van der Waals surface area contributed by atoms with Gasteiger partial charge in [-0.05, 0) is 49.2 Å². The summed E-state index contributed by atoms with van der Waals surface area (Å²) in [4.78, 5) is 2.32. The van der Waals surface area contributed by atoms with E-state index in [0.29, 0.717) is 6.04 Å². The van der Waals surface area contributed by atoms with Crippen molar-refractivity contribution in [1.82, 2.24) is 24.5 Å². The fourth-order valence-electron chi connectivity index (χ4n) is 4.03. The van der Waals surface area contributed by atoms with Gasteiger partial charge in [0, 0.05) is 60.1 Å². The van der Waals surface area contributed by atoms with Gasteiger partial charge in [0.05, 0.1) is 11.9 Å². The molecular weight excluding hydrogens is 372 g/mol. The molecule has 0 N–H and O–H groups in total. The highest BCUT2D eigenvalue weighted by molar-refractivity contribution is 6.31. The molecule has 0 amide bonds. The van der Waals surface area contributed by atoms with Crippen molar-refractivity contribution in [3.8, 4) is 11.3 Å². The highest BCUT2D eigenvalue weighted by atomic mass is 35.5. The molecule has 0 atom stereocenters. The highest BCUT2D eigenvalue weighted by Gasteiger charge is 2.22. The second kappa shape index (κ2) is 6.95. The Balaban J connectivity index is 1.29. The van der Waals surface area contributed by atoms with E-state index >= 15 is 0 Å². The lowest BCUT2D eigenvalue weighted by Gasteiger charge is -2.33. The maximum atomic E-state index is 6.12. The molecule has 4 aromatic rings. The molecule has 0 spiro atoms. The van der Waals surface area contributed by atoms with Gasteiger partial charge in [0.25, 0.3) is 0 Å². The molecule has 1 aliphatic rings. The van der Waals surface area contributed by atoms with Crippen LogP contribution in [0, 0.1) is 0 Å². The summed E-state index contributed by atoms with van der Waals surface area (Å²) in [5.74, 6) is 0.940. The van der Waals surface area contributed by atoms with E-state index < -0.39 is 0 Å². The lowest BCUT2D eigenvalue weighted by molar-refractivity contribution is 0.404. The van der Waals surface area contributed by atoms with Gasteiger partial charge in [0.15, 0.2) is 5.82 Å². The molecule has 0 radical (unpaired) electrons. The van der Waals surface area contributed by atoms with Crippen molar-refractivity contribution in [1.29, 1.82) is 0 Å². The molecule has 1 saturated heterocycles. The van der Waals surface area contributed by atoms with Crippen molar-refractivity contribution in [2.75, 3.05) is 18.0 Å². The topological polar surface area (TPSA) is 51.8 Å². The van der Waals surface area contributed by atoms with E-state index in [-0.39, 0.29) is 0 Å². The molecule has 0 aliphatic carbocycles. The Kier molecular flexibility index (Phi) is 4.28. The van der Waals surface area contributed by atoms with Crippen LogP contribution in [-0.2, 0) is 7.05 Å². The fourth-order valence-corrected chi connectivity index (χ4v) is 4.21. The van der Waals surface area contributed by atoms with Crippen molar-refractivity contribution >= 4 is 28.3 Å². The minimum Gasteiger partial charge on any atom is -0.355 e. The maximum Gasteiger partial charge on any atom is 0.151 e. The summed E-state index contributed by atoms with van der Waals surface area (Å²) < 4.78 is 4.16. The second-order valence-electron chi connectivity index (χ2n) is 7.32. The Morgan fingerprint density at radius 1 is 1.04 bits per heavy atom. The number of benzene rings is 1. The summed E-state index contributed by atoms with van der Waals surface area (Å²) in [6.45, 7) is 1.94. The molecule has 0 unspecified atom stereocenters. The number of hydrogen-bond acceptors (Lipinski definition) is 4. The van der Waals surface area contributed by atoms with Gasteiger partial charge in [-0.15, -0.1) is 10.2 Å². The van der Waals surface area contributed by atoms with Crippen LogP contribution in [0.2, 0.25) is 5.02 Å². The van der Waals surface area contributed by atoms with E-state index in [0.717, 1.165) is 48.0 Å². The average molecular weight is 393 g/mol. The third-order valence-electron chi connectivity index (χ3n) is 5.52. The van der Waals surface area contributed by atoms with E-state index in [2.05, 4.69) is 49.2 Å². The molecule has 6 nitrogen and oxygen atoms in total. The van der Waals surface area contributed by atoms with E-state index in [4.69, 9.17) is 11.6 Å². The number of aryl methyl sites for hydroxylation is 1. The van der Waals surface area contributed by atoms with Gasteiger partial charge in [0.2, 0.25) is 0 Å². The molecule has 0 bridgehead atoms. The zero-order chi connectivity index (χ0) is 19.1. The molecular formula is C21H21ClN6. The minimum absolute atomic E-state index is 0.498. The minimum atomic E-state index is 0.498. The number of halogens is 1. The van der Waals surface area contributed by atoms with Crippen molar-refractivity contribution in [2.45, 2.75) is 18.9 Å². The van der Waals surface area contributed by atoms with Gasteiger partial charge in [-0.1, -0.05) is 11.6 Å². The summed E-state index contributed by atoms with van der Waals surface area (Å²) in [5, 5.41) is 15.0. The molecule has 1 aliphatic heterocycles. The first-order valence-corrected chi connectivity index (χ1v) is 9.89. The molecule has 28 heavy (non-hydrogen) atoms. The van der Waals surface area contributed by atoms with Crippen molar-refractivity contribution in [3.05, 3.63) is 60.0 Å². The summed E-state index contributed by atoms with van der Waals surface area (Å²) in [7, 11) is 1.90. The van der Waals surface area contributed by atoms with Crippen molar-refractivity contribution in [2.24, 2.45) is 7.05 Å². The lowest BCUT2D eigenvalue weighted by atomic mass is 10.0. The van der Waals surface area contributed by atoms with Gasteiger partial charge < -0.3 is 9.47 Å². The van der Waals surface area contributed by atoms with E-state index in [1.165, 1.54) is 10.9 Å². The van der Waals surface area contributed by atoms with Gasteiger partial charge in [-0.2, -0.15) is 5.10 Å². The SMILES string of the molecule is Cn1cc(-c2ccc(N3CCC(n4ccc5cc(Cl)ccc54)CC3)nn2)cn1. The first-order valence-electron chi connectivity index (χ1n) is 9.51. The summed E-state index contributed by atoms with van der Waals surface area (Å²) in [5.41, 5.74) is 3.09. The highest BCUT2D eigenvalue weighted by Crippen LogP contribution is 2.30. The van der Waals surface area contributed by atoms with Gasteiger partial charge >= 0.3 is 0 Å². The molecule has 4 heterocycles. The van der Waals surface area contributed by atoms with Gasteiger partial charge in [-0.3, -0.25) is 4.68 Å². The van der Waals surface area contributed by atoms with Crippen LogP contribution in [0.4, 0.5) is 5.82 Å². The normalized spacial score (nSPS) is 15.4. The first-order chi connectivity index (χ1) is 13.7. The zero-order valence-electron chi connectivity index (χ0n) is 15.7. The monoisotopic (exact) mass is 392 g/mol. The smallest absolute Gasteiger partial charge is 0.151 e. The number of hydrogen-bond donors (Lipinski definition) is 0. The average Bonchev–Trinajstić information content (AvgIpc) is 3.34. The lowest BCUT2D eigenvalue weighted by Crippen LogP contribution is -2.35. The Hall–Kier alpha value is -2.86. The molecule has 3 aromatic heterocycles. The van der Waals surface area contributed by atoms with Gasteiger partial charge in [-0.25, -0.2) is 0 Å². The van der Waals surface area contributed by atoms with Gasteiger partial charge in [0.1, 0.15) is 0 Å². The van der Waals surface area contributed by atoms with Crippen LogP contribution in [0.1, 0.15) is 18.9 Å². The van der Waals surface area contributed by atoms with Crippen LogP contribution in [0.5, 0.6) is 0 Å². The molecule has 7 heteroatoms. The van der Waals surface area contributed by atoms with Crippen LogP contribution in [0.15, 0.2) is 55.0 Å². The zero-order valence-corrected chi connectivity index (χ0v) is 16.4. The first kappa shape index (κ1) is 17.3. The maximum absolute atomic E-state index is 6.12. The van der Waals surface area contributed by atoms with Crippen LogP contribution in [0.3, 0.4) is 0 Å². The number of fused-ring (bicyclic) bond motifs is 1. The fraction of sp³-hybridized carbons (Fsp3) is 0.286. The number of nitrogens with zero attached hydrogens (tertiary/aromatic N) is 6. The van der Waals surface area contributed by atoms with Crippen LogP contribution in [0.25, 0.3) is 22.2 Å². The third kappa shape index (κ3) is 3.14. The van der Waals surface area contributed by atoms with Crippen molar-refractivity contribution < 1.29 is 0 Å². The Morgan fingerprint density at radius 2 is 1.89 bits per heavy atom. The standard InChI is InChI=1S/C21H21ClN6/c1-26-14-16(13-23-26)19-3-5-21(25-24-19)27-9-7-18(8-10-27)28-11-6-15-12-17(22)2-4-20(15)28/h2-6,11-14,18H,7-10H2,1H3. The summed E-state index contributed by atoms with van der Waals surface area (Å²) in [6, 6.07) is 12.8. The van der Waals surface area contributed by atoms with Crippen LogP contribution < -0.4 is 4.90 Å². The quantitative estimate of drug-likeness (QED) is 0.520. The molecule has 1 fully saturated rings. The molecule has 1 aromatic carbocycles. The number of rotatable bonds is 3. The van der Waals surface area contributed by atoms with E-state index in [1.807, 2.05) is 37.6 Å². The predicted octanol–water partition coefficient (Wildman–Crippen LogP) is 4.33. The van der Waals surface area contributed by atoms with Crippen LogP contribution in [-0.4, -0.2) is 37.6 Å². The van der Waals surface area contributed by atoms with E-state index in [1.54, 1.807) is 4.68 Å².